The summed E-state index contributed by atoms with van der Waals surface area (Å²) in [6.07, 6.45) is 0. The minimum absolute atomic E-state index is 1.09. The zero-order valence-corrected chi connectivity index (χ0v) is 14.3. The quantitative estimate of drug-likeness (QED) is 0.772. The Balaban J connectivity index is 0. The summed E-state index contributed by atoms with van der Waals surface area (Å²) in [6, 6.07) is 9.84. The first-order chi connectivity index (χ1) is 7.61. The monoisotopic (exact) mass is 272 g/mol. The van der Waals surface area contributed by atoms with Crippen molar-refractivity contribution in [3.05, 3.63) is 30.3 Å². The zero-order valence-electron chi connectivity index (χ0n) is 12.3. The summed E-state index contributed by atoms with van der Waals surface area (Å²) in [5.41, 5.74) is 0. The van der Waals surface area contributed by atoms with Crippen LogP contribution in [0.15, 0.2) is 30.3 Å². The first-order valence-corrected chi connectivity index (χ1v) is 12.5. The molecule has 0 heterocycles. The molecule has 0 amide bonds. The molecule has 1 aromatic rings. The molecule has 0 bridgehead atoms. The maximum Gasteiger partial charge on any atom is 0.213 e. The molecule has 4 heteroatoms. The Morgan fingerprint density at radius 3 is 1.24 bits per heavy atom. The molecule has 0 saturated heterocycles. The molecule has 17 heavy (non-hydrogen) atoms. The van der Waals surface area contributed by atoms with Gasteiger partial charge in [0.2, 0.25) is 8.32 Å². The van der Waals surface area contributed by atoms with Gasteiger partial charge in [-0.3, -0.25) is 0 Å². The van der Waals surface area contributed by atoms with Crippen molar-refractivity contribution in [2.45, 2.75) is 46.6 Å². The maximum atomic E-state index is 9.63. The van der Waals surface area contributed by atoms with Gasteiger partial charge in [0.1, 0.15) is 0 Å². The molecule has 2 N–H and O–H groups in total. The van der Waals surface area contributed by atoms with E-state index in [1.54, 1.807) is 0 Å². The number of benzene rings is 1. The Morgan fingerprint density at radius 2 is 1.06 bits per heavy atom. The average molecular weight is 273 g/mol. The predicted molar refractivity (Wildman–Crippen MR) is 82.7 cm³/mol. The topological polar surface area (TPSA) is 40.5 Å². The van der Waals surface area contributed by atoms with Crippen LogP contribution in [0.3, 0.4) is 0 Å². The molecule has 0 unspecified atom stereocenters. The van der Waals surface area contributed by atoms with Gasteiger partial charge >= 0.3 is 0 Å². The van der Waals surface area contributed by atoms with Crippen molar-refractivity contribution in [1.29, 1.82) is 0 Å². The van der Waals surface area contributed by atoms with Crippen LogP contribution < -0.4 is 5.19 Å². The number of hydrogen-bond acceptors (Lipinski definition) is 2. The van der Waals surface area contributed by atoms with Gasteiger partial charge in [0.05, 0.1) is 0 Å². The van der Waals surface area contributed by atoms with E-state index in [1.807, 2.05) is 76.9 Å². The maximum absolute atomic E-state index is 9.63. The van der Waals surface area contributed by atoms with Gasteiger partial charge in [-0.25, -0.2) is 0 Å². The molecule has 0 spiro atoms. The first kappa shape index (κ1) is 18.9. The van der Waals surface area contributed by atoms with Gasteiger partial charge < -0.3 is 9.59 Å². The van der Waals surface area contributed by atoms with Gasteiger partial charge in [0, 0.05) is 0 Å². The van der Waals surface area contributed by atoms with Gasteiger partial charge in [-0.15, -0.1) is 0 Å². The van der Waals surface area contributed by atoms with Crippen molar-refractivity contribution in [1.82, 2.24) is 0 Å². The summed E-state index contributed by atoms with van der Waals surface area (Å²) in [4.78, 5) is 18.3. The van der Waals surface area contributed by atoms with Crippen LogP contribution in [0.1, 0.15) is 13.8 Å². The van der Waals surface area contributed by atoms with Gasteiger partial charge in [-0.1, -0.05) is 44.2 Å². The molecule has 100 valence electrons. The van der Waals surface area contributed by atoms with Gasteiger partial charge in [0.15, 0.2) is 8.32 Å². The molecule has 0 aliphatic rings. The lowest BCUT2D eigenvalue weighted by Gasteiger charge is -2.13. The highest BCUT2D eigenvalue weighted by atomic mass is 28.4. The molecule has 0 aliphatic heterocycles. The van der Waals surface area contributed by atoms with Crippen LogP contribution in [0.4, 0.5) is 0 Å². The fourth-order valence-electron chi connectivity index (χ4n) is 0.846. The molecular weight excluding hydrogens is 244 g/mol. The molecule has 2 nitrogen and oxygen atoms in total. The Hall–Kier alpha value is -0.426. The van der Waals surface area contributed by atoms with Crippen molar-refractivity contribution >= 4 is 21.8 Å². The minimum atomic E-state index is -2.03. The van der Waals surface area contributed by atoms with Crippen LogP contribution in [-0.2, 0) is 0 Å². The Labute approximate surface area is 109 Å². The summed E-state index contributed by atoms with van der Waals surface area (Å²) in [5.74, 6) is 0. The number of rotatable bonds is 1. The molecule has 0 aromatic heterocycles. The Kier molecular flexibility index (Phi) is 9.61. The van der Waals surface area contributed by atoms with Crippen molar-refractivity contribution < 1.29 is 9.59 Å². The van der Waals surface area contributed by atoms with Crippen molar-refractivity contribution in [2.75, 3.05) is 0 Å². The van der Waals surface area contributed by atoms with E-state index < -0.39 is 16.6 Å². The van der Waals surface area contributed by atoms with Crippen LogP contribution in [-0.4, -0.2) is 26.2 Å². The standard InChI is InChI=1S/C8H12OSi.C3H10OSi.C2H6/c1-10(2,9)8-6-4-3-5-7-8;1-5(2,3)4;1-2/h3-7,9H,1-2H3;4H,1-3H3;1-2H3. The third-order valence-corrected chi connectivity index (χ3v) is 3.23. The summed E-state index contributed by atoms with van der Waals surface area (Å²) in [6.45, 7) is 13.5. The van der Waals surface area contributed by atoms with E-state index in [4.69, 9.17) is 4.80 Å². The van der Waals surface area contributed by atoms with E-state index in [9.17, 15) is 4.80 Å². The molecular formula is C13H28O2Si2. The van der Waals surface area contributed by atoms with Crippen LogP contribution in [0.2, 0.25) is 32.7 Å². The molecule has 0 aliphatic carbocycles. The molecule has 1 aromatic carbocycles. The van der Waals surface area contributed by atoms with Crippen molar-refractivity contribution in [3.63, 3.8) is 0 Å². The van der Waals surface area contributed by atoms with E-state index in [0.717, 1.165) is 5.19 Å². The smallest absolute Gasteiger partial charge is 0.213 e. The Bertz CT molecular complexity index is 268. The fraction of sp³-hybridized carbons (Fsp3) is 0.538. The third kappa shape index (κ3) is 15.6. The second-order valence-electron chi connectivity index (χ2n) is 5.10. The highest BCUT2D eigenvalue weighted by Gasteiger charge is 2.18. The van der Waals surface area contributed by atoms with Crippen molar-refractivity contribution in [2.24, 2.45) is 0 Å². The summed E-state index contributed by atoms with van der Waals surface area (Å²) in [7, 11) is -3.64. The molecule has 0 radical (unpaired) electrons. The summed E-state index contributed by atoms with van der Waals surface area (Å²) in [5, 5.41) is 1.09. The Morgan fingerprint density at radius 1 is 0.765 bits per heavy atom. The lowest BCUT2D eigenvalue weighted by molar-refractivity contribution is 0.560. The van der Waals surface area contributed by atoms with Crippen LogP contribution in [0, 0.1) is 0 Å². The lowest BCUT2D eigenvalue weighted by Crippen LogP contribution is -2.40. The van der Waals surface area contributed by atoms with Gasteiger partial charge in [-0.05, 0) is 37.9 Å². The van der Waals surface area contributed by atoms with E-state index in [1.165, 1.54) is 0 Å². The minimum Gasteiger partial charge on any atom is -0.433 e. The van der Waals surface area contributed by atoms with E-state index in [-0.39, 0.29) is 0 Å². The molecule has 1 rings (SSSR count). The van der Waals surface area contributed by atoms with Crippen molar-refractivity contribution in [3.8, 4) is 0 Å². The normalized spacial score (nSPS) is 10.6. The highest BCUT2D eigenvalue weighted by Crippen LogP contribution is 1.96. The van der Waals surface area contributed by atoms with Gasteiger partial charge in [-0.2, -0.15) is 0 Å². The third-order valence-electron chi connectivity index (χ3n) is 1.48. The van der Waals surface area contributed by atoms with E-state index in [0.29, 0.717) is 0 Å². The fourth-order valence-corrected chi connectivity index (χ4v) is 1.85. The highest BCUT2D eigenvalue weighted by molar-refractivity contribution is 6.83. The first-order valence-electron chi connectivity index (χ1n) is 6.11. The average Bonchev–Trinajstić information content (AvgIpc) is 2.18. The zero-order chi connectivity index (χ0) is 14.1. The lowest BCUT2D eigenvalue weighted by atomic mass is 10.4. The molecule has 0 fully saturated rings. The summed E-state index contributed by atoms with van der Waals surface area (Å²) >= 11 is 0. The van der Waals surface area contributed by atoms with Gasteiger partial charge in [0.25, 0.3) is 0 Å². The second-order valence-corrected chi connectivity index (χ2v) is 13.1. The SMILES string of the molecule is CC.C[Si](C)(C)O.C[Si](C)(O)c1ccccc1. The summed E-state index contributed by atoms with van der Waals surface area (Å²) < 4.78 is 0. The molecule has 0 atom stereocenters. The number of hydrogen-bond donors (Lipinski definition) is 2. The largest absolute Gasteiger partial charge is 0.433 e. The predicted octanol–water partition coefficient (Wildman–Crippen LogP) is 2.93. The molecule has 0 saturated carbocycles. The van der Waals surface area contributed by atoms with Crippen LogP contribution in [0.5, 0.6) is 0 Å². The van der Waals surface area contributed by atoms with E-state index >= 15 is 0 Å². The van der Waals surface area contributed by atoms with Crippen LogP contribution >= 0.6 is 0 Å². The second kappa shape index (κ2) is 8.63. The van der Waals surface area contributed by atoms with Crippen LogP contribution in [0.25, 0.3) is 0 Å². The van der Waals surface area contributed by atoms with E-state index in [2.05, 4.69) is 0 Å².